The minimum Gasteiger partial charge on any atom is -0.355 e. The highest BCUT2D eigenvalue weighted by atomic mass is 35.5. The minimum absolute atomic E-state index is 0. The second-order valence-corrected chi connectivity index (χ2v) is 7.11. The number of aryl methyl sites for hydroxylation is 2. The van der Waals surface area contributed by atoms with Gasteiger partial charge in [-0.15, -0.1) is 24.2 Å². The Balaban J connectivity index is 0.00000312. The van der Waals surface area contributed by atoms with Gasteiger partial charge in [0.1, 0.15) is 5.25 Å². The highest BCUT2D eigenvalue weighted by Crippen LogP contribution is 2.37. The lowest BCUT2D eigenvalue weighted by molar-refractivity contribution is -0.120. The quantitative estimate of drug-likeness (QED) is 0.528. The van der Waals surface area contributed by atoms with Gasteiger partial charge in [-0.1, -0.05) is 48.0 Å². The summed E-state index contributed by atoms with van der Waals surface area (Å²) in [6.07, 6.45) is 1.85. The number of halogens is 1. The topological polar surface area (TPSA) is 55.1 Å². The third-order valence-corrected chi connectivity index (χ3v) is 5.28. The molecule has 0 aliphatic carbocycles. The van der Waals surface area contributed by atoms with E-state index in [0.717, 1.165) is 23.3 Å². The maximum atomic E-state index is 12.7. The fraction of sp³-hybridized carbons (Fsp3) is 0.350. The van der Waals surface area contributed by atoms with Gasteiger partial charge in [-0.05, 0) is 50.4 Å². The van der Waals surface area contributed by atoms with Crippen molar-refractivity contribution >= 4 is 30.1 Å². The number of nitrogens with two attached hydrogens (primary N) is 1. The fourth-order valence-electron chi connectivity index (χ4n) is 2.53. The molecule has 0 aromatic heterocycles. The molecular weight excluding hydrogens is 352 g/mol. The van der Waals surface area contributed by atoms with Crippen LogP contribution in [0.5, 0.6) is 0 Å². The molecular formula is C20H27ClN2OS. The summed E-state index contributed by atoms with van der Waals surface area (Å²) < 4.78 is 0. The van der Waals surface area contributed by atoms with E-state index in [1.54, 1.807) is 11.8 Å². The first-order valence-corrected chi connectivity index (χ1v) is 9.26. The molecule has 0 aliphatic rings. The highest BCUT2D eigenvalue weighted by Gasteiger charge is 2.22. The van der Waals surface area contributed by atoms with E-state index in [0.29, 0.717) is 13.1 Å². The van der Waals surface area contributed by atoms with Gasteiger partial charge in [-0.3, -0.25) is 4.79 Å². The normalized spacial score (nSPS) is 11.5. The van der Waals surface area contributed by atoms with Crippen LogP contribution in [0, 0.1) is 13.8 Å². The molecule has 1 atom stereocenters. The van der Waals surface area contributed by atoms with Crippen LogP contribution in [0.15, 0.2) is 53.4 Å². The van der Waals surface area contributed by atoms with Gasteiger partial charge in [0.2, 0.25) is 5.91 Å². The summed E-state index contributed by atoms with van der Waals surface area (Å²) in [4.78, 5) is 13.9. The number of benzene rings is 2. The molecule has 1 amide bonds. The average molecular weight is 379 g/mol. The van der Waals surface area contributed by atoms with E-state index in [2.05, 4.69) is 37.4 Å². The van der Waals surface area contributed by atoms with Crippen molar-refractivity contribution < 1.29 is 4.79 Å². The second kappa shape index (κ2) is 11.2. The number of unbranched alkanes of at least 4 members (excludes halogenated alkanes) is 1. The number of hydrogen-bond acceptors (Lipinski definition) is 3. The van der Waals surface area contributed by atoms with Crippen molar-refractivity contribution in [3.05, 3.63) is 65.2 Å². The van der Waals surface area contributed by atoms with Gasteiger partial charge in [0.25, 0.3) is 0 Å². The molecule has 0 heterocycles. The number of carbonyl (C=O) groups is 1. The molecule has 5 heteroatoms. The van der Waals surface area contributed by atoms with E-state index >= 15 is 0 Å². The minimum atomic E-state index is -0.245. The number of thioether (sulfide) groups is 1. The van der Waals surface area contributed by atoms with Crippen molar-refractivity contribution in [1.29, 1.82) is 0 Å². The Morgan fingerprint density at radius 2 is 1.84 bits per heavy atom. The monoisotopic (exact) mass is 378 g/mol. The standard InChI is InChI=1S/C20H26N2OS.ClH/c1-15-10-11-18(16(2)14-15)24-19(17-8-4-3-5-9-17)20(23)22-13-7-6-12-21;/h3-5,8-11,14,19H,6-7,12-13,21H2,1-2H3,(H,22,23);1H. The van der Waals surface area contributed by atoms with Crippen LogP contribution >= 0.6 is 24.2 Å². The molecule has 3 nitrogen and oxygen atoms in total. The first-order valence-electron chi connectivity index (χ1n) is 8.38. The summed E-state index contributed by atoms with van der Waals surface area (Å²) >= 11 is 1.61. The number of rotatable bonds is 8. The van der Waals surface area contributed by atoms with Gasteiger partial charge in [-0.2, -0.15) is 0 Å². The van der Waals surface area contributed by atoms with Crippen LogP contribution in [0.1, 0.15) is 34.8 Å². The molecule has 2 rings (SSSR count). The van der Waals surface area contributed by atoms with E-state index in [1.165, 1.54) is 11.1 Å². The third-order valence-electron chi connectivity index (χ3n) is 3.85. The van der Waals surface area contributed by atoms with Crippen molar-refractivity contribution in [1.82, 2.24) is 5.32 Å². The molecule has 25 heavy (non-hydrogen) atoms. The van der Waals surface area contributed by atoms with Crippen LogP contribution in [0.4, 0.5) is 0 Å². The number of hydrogen-bond donors (Lipinski definition) is 2. The maximum Gasteiger partial charge on any atom is 0.237 e. The molecule has 3 N–H and O–H groups in total. The molecule has 0 radical (unpaired) electrons. The zero-order valence-corrected chi connectivity index (χ0v) is 16.5. The van der Waals surface area contributed by atoms with Crippen LogP contribution in [0.2, 0.25) is 0 Å². The molecule has 2 aromatic rings. The first-order chi connectivity index (χ1) is 11.6. The highest BCUT2D eigenvalue weighted by molar-refractivity contribution is 8.00. The van der Waals surface area contributed by atoms with Crippen LogP contribution in [-0.4, -0.2) is 19.0 Å². The predicted octanol–water partition coefficient (Wildman–Crippen LogP) is 4.41. The summed E-state index contributed by atoms with van der Waals surface area (Å²) in [7, 11) is 0. The summed E-state index contributed by atoms with van der Waals surface area (Å²) in [5, 5.41) is 2.81. The van der Waals surface area contributed by atoms with Gasteiger partial charge in [0, 0.05) is 11.4 Å². The summed E-state index contributed by atoms with van der Waals surface area (Å²) in [5.41, 5.74) is 8.98. The number of amides is 1. The van der Waals surface area contributed by atoms with E-state index in [4.69, 9.17) is 5.73 Å². The summed E-state index contributed by atoms with van der Waals surface area (Å²) in [6, 6.07) is 16.3. The second-order valence-electron chi connectivity index (χ2n) is 5.96. The summed E-state index contributed by atoms with van der Waals surface area (Å²) in [6.45, 7) is 5.51. The molecule has 2 aromatic carbocycles. The maximum absolute atomic E-state index is 12.7. The molecule has 0 fully saturated rings. The van der Waals surface area contributed by atoms with E-state index in [9.17, 15) is 4.79 Å². The average Bonchev–Trinajstić information content (AvgIpc) is 2.58. The third kappa shape index (κ3) is 6.73. The lowest BCUT2D eigenvalue weighted by atomic mass is 10.1. The van der Waals surface area contributed by atoms with Crippen molar-refractivity contribution in [2.24, 2.45) is 5.73 Å². The summed E-state index contributed by atoms with van der Waals surface area (Å²) in [5.74, 6) is 0.0585. The molecule has 0 spiro atoms. The molecule has 0 saturated heterocycles. The van der Waals surface area contributed by atoms with Crippen LogP contribution in [-0.2, 0) is 4.79 Å². The Bertz CT molecular complexity index is 664. The Labute approximate surface area is 161 Å². The zero-order chi connectivity index (χ0) is 17.4. The largest absolute Gasteiger partial charge is 0.355 e. The SMILES string of the molecule is Cc1ccc(SC(C(=O)NCCCCN)c2ccccc2)c(C)c1.Cl. The van der Waals surface area contributed by atoms with Crippen LogP contribution < -0.4 is 11.1 Å². The van der Waals surface area contributed by atoms with Crippen molar-refractivity contribution in [3.63, 3.8) is 0 Å². The van der Waals surface area contributed by atoms with Crippen LogP contribution in [0.3, 0.4) is 0 Å². The molecule has 0 bridgehead atoms. The van der Waals surface area contributed by atoms with Crippen LogP contribution in [0.25, 0.3) is 0 Å². The van der Waals surface area contributed by atoms with Gasteiger partial charge < -0.3 is 11.1 Å². The first kappa shape index (κ1) is 21.6. The molecule has 1 unspecified atom stereocenters. The Hall–Kier alpha value is -1.49. The van der Waals surface area contributed by atoms with E-state index < -0.39 is 0 Å². The van der Waals surface area contributed by atoms with Crippen molar-refractivity contribution in [3.8, 4) is 0 Å². The Kier molecular flexibility index (Phi) is 9.65. The van der Waals surface area contributed by atoms with Gasteiger partial charge in [0.05, 0.1) is 0 Å². The number of nitrogens with one attached hydrogen (secondary N) is 1. The van der Waals surface area contributed by atoms with Gasteiger partial charge >= 0.3 is 0 Å². The van der Waals surface area contributed by atoms with E-state index in [-0.39, 0.29) is 23.6 Å². The Morgan fingerprint density at radius 3 is 2.48 bits per heavy atom. The Morgan fingerprint density at radius 1 is 1.12 bits per heavy atom. The molecule has 0 saturated carbocycles. The lowest BCUT2D eigenvalue weighted by Crippen LogP contribution is -2.29. The molecule has 136 valence electrons. The van der Waals surface area contributed by atoms with Crippen molar-refractivity contribution in [2.45, 2.75) is 36.8 Å². The molecule has 0 aliphatic heterocycles. The fourth-order valence-corrected chi connectivity index (χ4v) is 3.66. The number of carbonyl (C=O) groups excluding carboxylic acids is 1. The lowest BCUT2D eigenvalue weighted by Gasteiger charge is -2.18. The predicted molar refractivity (Wildman–Crippen MR) is 110 cm³/mol. The smallest absolute Gasteiger partial charge is 0.237 e. The zero-order valence-electron chi connectivity index (χ0n) is 14.8. The van der Waals surface area contributed by atoms with Gasteiger partial charge in [-0.25, -0.2) is 0 Å². The van der Waals surface area contributed by atoms with Gasteiger partial charge in [0.15, 0.2) is 0 Å². The van der Waals surface area contributed by atoms with E-state index in [1.807, 2.05) is 30.3 Å². The van der Waals surface area contributed by atoms with Crippen molar-refractivity contribution in [2.75, 3.05) is 13.1 Å².